The third kappa shape index (κ3) is 5.25. The maximum Gasteiger partial charge on any atom is 0.416 e. The Kier molecular flexibility index (Phi) is 7.61. The van der Waals surface area contributed by atoms with Crippen LogP contribution >= 0.6 is 0 Å². The summed E-state index contributed by atoms with van der Waals surface area (Å²) in [6, 6.07) is 60.9. The van der Waals surface area contributed by atoms with Gasteiger partial charge in [0.25, 0.3) is 0 Å². The van der Waals surface area contributed by atoms with Crippen LogP contribution in [0.4, 0.5) is 13.2 Å². The smallest absolute Gasteiger partial charge is 0.416 e. The topological polar surface area (TPSA) is 13.1 Å². The lowest BCUT2D eigenvalue weighted by Crippen LogP contribution is -2.04. The average molecular weight is 755 g/mol. The van der Waals surface area contributed by atoms with Crippen LogP contribution in [0.3, 0.4) is 0 Å². The van der Waals surface area contributed by atoms with Gasteiger partial charge in [-0.25, -0.2) is 0 Å². The maximum absolute atomic E-state index is 13.6. The van der Waals surface area contributed by atoms with Crippen molar-refractivity contribution in [2.45, 2.75) is 13.1 Å². The molecule has 0 bridgehead atoms. The molecule has 0 unspecified atom stereocenters. The van der Waals surface area contributed by atoms with Crippen LogP contribution in [0.1, 0.15) is 11.1 Å². The van der Waals surface area contributed by atoms with E-state index in [2.05, 4.69) is 140 Å². The van der Waals surface area contributed by atoms with Crippen molar-refractivity contribution >= 4 is 65.0 Å². The molecule has 0 fully saturated rings. The molecule has 0 saturated carbocycles. The monoisotopic (exact) mass is 754 g/mol. The molecule has 0 radical (unpaired) electrons. The second kappa shape index (κ2) is 12.9. The molecule has 0 spiro atoms. The van der Waals surface area contributed by atoms with E-state index in [1.54, 1.807) is 12.1 Å². The number of halogens is 3. The average Bonchev–Trinajstić information content (AvgIpc) is 3.63. The number of aryl methyl sites for hydroxylation is 1. The fourth-order valence-corrected chi connectivity index (χ4v) is 9.18. The molecule has 11 aromatic rings. The highest BCUT2D eigenvalue weighted by molar-refractivity contribution is 6.25. The van der Waals surface area contributed by atoms with E-state index < -0.39 is 11.7 Å². The standard InChI is InChI=1S/C54H33F3O/c1-32-21-23-33(24-22-32)49-37-11-2-4-13-39(37)51(40-14-5-3-12-38(40)49)35-27-30-48-47(31-35)45-19-10-20-46(53(45)58-48)52-43-17-8-6-15-41(43)50(42-16-7-9-18-44(42)52)34-25-28-36(29-26-34)54(55,56)57/h2-31H,1H3. The van der Waals surface area contributed by atoms with E-state index in [0.717, 1.165) is 71.3 Å². The summed E-state index contributed by atoms with van der Waals surface area (Å²) >= 11 is 0. The molecule has 1 heterocycles. The van der Waals surface area contributed by atoms with Gasteiger partial charge < -0.3 is 4.42 Å². The minimum Gasteiger partial charge on any atom is -0.455 e. The van der Waals surface area contributed by atoms with Gasteiger partial charge in [-0.15, -0.1) is 0 Å². The predicted molar refractivity (Wildman–Crippen MR) is 235 cm³/mol. The van der Waals surface area contributed by atoms with Gasteiger partial charge in [-0.1, -0.05) is 163 Å². The van der Waals surface area contributed by atoms with E-state index in [9.17, 15) is 13.2 Å². The van der Waals surface area contributed by atoms with Gasteiger partial charge in [0.1, 0.15) is 11.2 Å². The second-order valence-electron chi connectivity index (χ2n) is 15.1. The largest absolute Gasteiger partial charge is 0.455 e. The number of hydrogen-bond acceptors (Lipinski definition) is 1. The highest BCUT2D eigenvalue weighted by atomic mass is 19.4. The van der Waals surface area contributed by atoms with Crippen LogP contribution in [0.5, 0.6) is 0 Å². The molecule has 0 saturated heterocycles. The number of para-hydroxylation sites is 1. The summed E-state index contributed by atoms with van der Waals surface area (Å²) in [6.07, 6.45) is -4.41. The van der Waals surface area contributed by atoms with Crippen molar-refractivity contribution in [2.75, 3.05) is 0 Å². The van der Waals surface area contributed by atoms with Gasteiger partial charge in [0.05, 0.1) is 5.56 Å². The van der Waals surface area contributed by atoms with Gasteiger partial charge in [-0.2, -0.15) is 13.2 Å². The Morgan fingerprint density at radius 3 is 1.22 bits per heavy atom. The summed E-state index contributed by atoms with van der Waals surface area (Å²) in [5.74, 6) is 0. The summed E-state index contributed by atoms with van der Waals surface area (Å²) in [4.78, 5) is 0. The van der Waals surface area contributed by atoms with E-state index >= 15 is 0 Å². The Bertz CT molecular complexity index is 3310. The summed E-state index contributed by atoms with van der Waals surface area (Å²) in [7, 11) is 0. The van der Waals surface area contributed by atoms with E-state index in [-0.39, 0.29) is 0 Å². The zero-order valence-corrected chi connectivity index (χ0v) is 31.4. The molecule has 0 aliphatic heterocycles. The molecule has 0 N–H and O–H groups in total. The zero-order chi connectivity index (χ0) is 39.1. The minimum absolute atomic E-state index is 0.665. The normalized spacial score (nSPS) is 12.1. The molecule has 11 rings (SSSR count). The summed E-state index contributed by atoms with van der Waals surface area (Å²) in [5, 5.41) is 10.7. The number of rotatable bonds is 4. The lowest BCUT2D eigenvalue weighted by molar-refractivity contribution is -0.137. The van der Waals surface area contributed by atoms with Gasteiger partial charge in [-0.3, -0.25) is 0 Å². The first-order valence-corrected chi connectivity index (χ1v) is 19.4. The van der Waals surface area contributed by atoms with Crippen molar-refractivity contribution in [1.82, 2.24) is 0 Å². The van der Waals surface area contributed by atoms with Crippen LogP contribution in [-0.2, 0) is 6.18 Å². The van der Waals surface area contributed by atoms with Crippen LogP contribution in [0.15, 0.2) is 186 Å². The Morgan fingerprint density at radius 2 is 0.759 bits per heavy atom. The SMILES string of the molecule is Cc1ccc(-c2c3ccccc3c(-c3ccc4oc5c(-c6c7ccccc7c(-c7ccc(C(F)(F)F)cc7)c7ccccc67)cccc5c4c3)c3ccccc23)cc1. The predicted octanol–water partition coefficient (Wildman–Crippen LogP) is 16.2. The fraction of sp³-hybridized carbons (Fsp3) is 0.0370. The minimum atomic E-state index is -4.41. The summed E-state index contributed by atoms with van der Waals surface area (Å²) in [5.41, 5.74) is 10.5. The van der Waals surface area contributed by atoms with Crippen molar-refractivity contribution < 1.29 is 17.6 Å². The summed E-state index contributed by atoms with van der Waals surface area (Å²) in [6.45, 7) is 2.12. The molecule has 0 aliphatic carbocycles. The van der Waals surface area contributed by atoms with Crippen molar-refractivity contribution in [3.8, 4) is 44.5 Å². The lowest BCUT2D eigenvalue weighted by Gasteiger charge is -2.18. The number of fused-ring (bicyclic) bond motifs is 7. The first-order valence-electron chi connectivity index (χ1n) is 19.4. The van der Waals surface area contributed by atoms with Gasteiger partial charge in [0.2, 0.25) is 0 Å². The van der Waals surface area contributed by atoms with Crippen LogP contribution in [0.2, 0.25) is 0 Å². The lowest BCUT2D eigenvalue weighted by atomic mass is 9.85. The van der Waals surface area contributed by atoms with Gasteiger partial charge in [0.15, 0.2) is 0 Å². The Morgan fingerprint density at radius 1 is 0.362 bits per heavy atom. The van der Waals surface area contributed by atoms with Gasteiger partial charge in [-0.05, 0) is 108 Å². The third-order valence-electron chi connectivity index (χ3n) is 11.8. The molecule has 0 aliphatic rings. The summed E-state index contributed by atoms with van der Waals surface area (Å²) < 4.78 is 47.6. The van der Waals surface area contributed by atoms with Gasteiger partial charge in [0, 0.05) is 21.9 Å². The molecular weight excluding hydrogens is 722 g/mol. The Labute approximate surface area is 332 Å². The Hall–Kier alpha value is -7.17. The zero-order valence-electron chi connectivity index (χ0n) is 31.4. The first-order chi connectivity index (χ1) is 28.3. The fourth-order valence-electron chi connectivity index (χ4n) is 9.18. The van der Waals surface area contributed by atoms with Crippen molar-refractivity contribution in [3.05, 3.63) is 193 Å². The van der Waals surface area contributed by atoms with Crippen molar-refractivity contribution in [1.29, 1.82) is 0 Å². The number of alkyl halides is 3. The molecule has 4 heteroatoms. The Balaban J connectivity index is 1.14. The third-order valence-corrected chi connectivity index (χ3v) is 11.8. The number of benzene rings is 10. The maximum atomic E-state index is 13.6. The number of hydrogen-bond donors (Lipinski definition) is 0. The van der Waals surface area contributed by atoms with E-state index in [1.165, 1.54) is 55.9 Å². The van der Waals surface area contributed by atoms with E-state index in [0.29, 0.717) is 0 Å². The van der Waals surface area contributed by atoms with Crippen LogP contribution in [0, 0.1) is 6.92 Å². The molecule has 58 heavy (non-hydrogen) atoms. The highest BCUT2D eigenvalue weighted by Crippen LogP contribution is 2.48. The molecule has 10 aromatic carbocycles. The molecule has 1 nitrogen and oxygen atoms in total. The first kappa shape index (κ1) is 34.1. The van der Waals surface area contributed by atoms with Crippen LogP contribution in [0.25, 0.3) is 110 Å². The van der Waals surface area contributed by atoms with E-state index in [1.807, 2.05) is 24.3 Å². The second-order valence-corrected chi connectivity index (χ2v) is 15.1. The van der Waals surface area contributed by atoms with Crippen LogP contribution < -0.4 is 0 Å². The van der Waals surface area contributed by atoms with Crippen LogP contribution in [-0.4, -0.2) is 0 Å². The molecule has 0 amide bonds. The molecule has 0 atom stereocenters. The molecule has 1 aromatic heterocycles. The molecular formula is C54H33F3O. The van der Waals surface area contributed by atoms with Gasteiger partial charge >= 0.3 is 6.18 Å². The highest BCUT2D eigenvalue weighted by Gasteiger charge is 2.30. The quantitative estimate of drug-likeness (QED) is 0.163. The number of furan rings is 1. The van der Waals surface area contributed by atoms with Crippen molar-refractivity contribution in [2.24, 2.45) is 0 Å². The van der Waals surface area contributed by atoms with Crippen molar-refractivity contribution in [3.63, 3.8) is 0 Å². The van der Waals surface area contributed by atoms with E-state index in [4.69, 9.17) is 4.42 Å². The molecule has 276 valence electrons.